The molecule has 2 aliphatic heterocycles. The van der Waals surface area contributed by atoms with Crippen LogP contribution < -0.4 is 4.90 Å². The summed E-state index contributed by atoms with van der Waals surface area (Å²) in [6.45, 7) is 10.3. The number of ether oxygens (including phenoxy) is 2. The molecule has 0 unspecified atom stereocenters. The quantitative estimate of drug-likeness (QED) is 0.429. The molecule has 2 saturated heterocycles. The number of nitrogens with one attached hydrogen (secondary N) is 1. The van der Waals surface area contributed by atoms with Gasteiger partial charge in [-0.1, -0.05) is 37.8 Å². The molecule has 0 bridgehead atoms. The van der Waals surface area contributed by atoms with Gasteiger partial charge in [-0.25, -0.2) is 0 Å². The number of aromatic nitrogens is 1. The van der Waals surface area contributed by atoms with E-state index in [2.05, 4.69) is 57.6 Å². The molecule has 0 amide bonds. The Morgan fingerprint density at radius 1 is 1.18 bits per heavy atom. The Labute approximate surface area is 223 Å². The average molecular weight is 511 g/mol. The Morgan fingerprint density at radius 3 is 2.66 bits per heavy atom. The summed E-state index contributed by atoms with van der Waals surface area (Å²) in [5.41, 5.74) is 7.07. The van der Waals surface area contributed by atoms with E-state index in [4.69, 9.17) is 9.47 Å². The average Bonchev–Trinajstić information content (AvgIpc) is 3.27. The minimum absolute atomic E-state index is 0.0497. The van der Waals surface area contributed by atoms with Crippen LogP contribution in [-0.2, 0) is 14.9 Å². The van der Waals surface area contributed by atoms with Crippen LogP contribution in [0.15, 0.2) is 35.3 Å². The van der Waals surface area contributed by atoms with Gasteiger partial charge in [-0.05, 0) is 29.3 Å². The lowest BCUT2D eigenvalue weighted by molar-refractivity contribution is -0.0660. The van der Waals surface area contributed by atoms with Crippen LogP contribution in [0.3, 0.4) is 0 Å². The number of fused-ring (bicyclic) bond motifs is 4. The zero-order valence-electron chi connectivity index (χ0n) is 22.6. The van der Waals surface area contributed by atoms with Gasteiger partial charge in [0, 0.05) is 79.7 Å². The fourth-order valence-corrected chi connectivity index (χ4v) is 6.04. The van der Waals surface area contributed by atoms with E-state index in [9.17, 15) is 4.79 Å². The first-order valence-electron chi connectivity index (χ1n) is 13.3. The van der Waals surface area contributed by atoms with E-state index in [-0.39, 0.29) is 11.2 Å². The van der Waals surface area contributed by atoms with Crippen molar-refractivity contribution in [1.29, 1.82) is 0 Å². The molecule has 3 aliphatic rings. The molecule has 38 heavy (non-hydrogen) atoms. The molecule has 3 aromatic rings. The summed E-state index contributed by atoms with van der Waals surface area (Å²) >= 11 is 0. The van der Waals surface area contributed by atoms with E-state index in [1.807, 2.05) is 24.4 Å². The van der Waals surface area contributed by atoms with E-state index in [1.54, 1.807) is 14.2 Å². The van der Waals surface area contributed by atoms with Crippen molar-refractivity contribution in [2.75, 3.05) is 65.1 Å². The van der Waals surface area contributed by atoms with E-state index in [1.165, 1.54) is 0 Å². The molecule has 7 nitrogen and oxygen atoms in total. The van der Waals surface area contributed by atoms with E-state index < -0.39 is 0 Å². The number of nitrogens with zero attached hydrogens (tertiary/aromatic N) is 3. The molecule has 0 radical (unpaired) electrons. The number of H-pyrrole nitrogens is 1. The lowest BCUT2D eigenvalue weighted by Gasteiger charge is -2.43. The van der Waals surface area contributed by atoms with Crippen LogP contribution >= 0.6 is 0 Å². The molecule has 1 aliphatic carbocycles. The van der Waals surface area contributed by atoms with Gasteiger partial charge in [-0.2, -0.15) is 0 Å². The van der Waals surface area contributed by atoms with Crippen molar-refractivity contribution in [3.63, 3.8) is 0 Å². The highest BCUT2D eigenvalue weighted by Gasteiger charge is 2.41. The summed E-state index contributed by atoms with van der Waals surface area (Å²) in [4.78, 5) is 26.8. The SMILES string of the molecule is CN=Cc1ccc2c3c([nH]c2c1)C(C)(C)c1cc(N2CCN(C4COC4)CC2)c(C#CCOC)cc1C3=O. The molecular weight excluding hydrogens is 476 g/mol. The maximum Gasteiger partial charge on any atom is 0.195 e. The number of aromatic amines is 1. The summed E-state index contributed by atoms with van der Waals surface area (Å²) in [5.74, 6) is 6.49. The van der Waals surface area contributed by atoms with Gasteiger partial charge in [-0.3, -0.25) is 14.7 Å². The Kier molecular flexibility index (Phi) is 6.35. The summed E-state index contributed by atoms with van der Waals surface area (Å²) in [6.07, 6.45) is 1.83. The second-order valence-corrected chi connectivity index (χ2v) is 10.9. The molecule has 1 aromatic heterocycles. The predicted molar refractivity (Wildman–Crippen MR) is 151 cm³/mol. The van der Waals surface area contributed by atoms with Crippen molar-refractivity contribution in [1.82, 2.24) is 9.88 Å². The van der Waals surface area contributed by atoms with Crippen molar-refractivity contribution in [3.8, 4) is 11.8 Å². The molecule has 3 heterocycles. The monoisotopic (exact) mass is 510 g/mol. The van der Waals surface area contributed by atoms with Gasteiger partial charge >= 0.3 is 0 Å². The number of carbonyl (C=O) groups excluding carboxylic acids is 1. The normalized spacial score (nSPS) is 19.3. The van der Waals surface area contributed by atoms with Crippen LogP contribution in [0, 0.1) is 11.8 Å². The van der Waals surface area contributed by atoms with Crippen molar-refractivity contribution < 1.29 is 14.3 Å². The fourth-order valence-electron chi connectivity index (χ4n) is 6.04. The summed E-state index contributed by atoms with van der Waals surface area (Å²) < 4.78 is 10.6. The second kappa shape index (κ2) is 9.70. The van der Waals surface area contributed by atoms with Crippen molar-refractivity contribution in [2.24, 2.45) is 4.99 Å². The van der Waals surface area contributed by atoms with Crippen LogP contribution in [0.1, 0.15) is 52.2 Å². The first-order valence-corrected chi connectivity index (χ1v) is 13.3. The molecular formula is C31H34N4O3. The number of methoxy groups -OCH3 is 1. The van der Waals surface area contributed by atoms with Gasteiger partial charge in [0.25, 0.3) is 0 Å². The van der Waals surface area contributed by atoms with Gasteiger partial charge < -0.3 is 19.4 Å². The van der Waals surface area contributed by atoms with Gasteiger partial charge in [-0.15, -0.1) is 0 Å². The lowest BCUT2D eigenvalue weighted by atomic mass is 9.70. The third-order valence-corrected chi connectivity index (χ3v) is 8.24. The highest BCUT2D eigenvalue weighted by Crippen LogP contribution is 2.45. The number of anilines is 1. The molecule has 2 aromatic carbocycles. The number of hydrogen-bond donors (Lipinski definition) is 1. The fraction of sp³-hybridized carbons (Fsp3) is 0.419. The maximum atomic E-state index is 14.1. The van der Waals surface area contributed by atoms with Gasteiger partial charge in [0.15, 0.2) is 5.78 Å². The largest absolute Gasteiger partial charge is 0.378 e. The van der Waals surface area contributed by atoms with Crippen LogP contribution in [0.4, 0.5) is 5.69 Å². The second-order valence-electron chi connectivity index (χ2n) is 10.9. The van der Waals surface area contributed by atoms with Crippen LogP contribution in [0.5, 0.6) is 0 Å². The molecule has 0 spiro atoms. The van der Waals surface area contributed by atoms with E-state index in [0.717, 1.165) is 89.5 Å². The highest BCUT2D eigenvalue weighted by molar-refractivity contribution is 6.20. The minimum atomic E-state index is -0.380. The molecule has 7 heteroatoms. The molecule has 2 fully saturated rings. The maximum absolute atomic E-state index is 14.1. The number of ketones is 1. The van der Waals surface area contributed by atoms with Crippen molar-refractivity contribution in [3.05, 3.63) is 63.8 Å². The molecule has 0 saturated carbocycles. The van der Waals surface area contributed by atoms with E-state index >= 15 is 0 Å². The lowest BCUT2D eigenvalue weighted by Crippen LogP contribution is -2.56. The third-order valence-electron chi connectivity index (χ3n) is 8.24. The standard InChI is InChI=1S/C31H34N4O3/c1-31(2)25-16-27(35-11-9-34(10-12-35)22-18-38-19-22)21(6-5-13-37-4)15-24(25)29(36)28-23-8-7-20(17-32-3)14-26(23)33-30(28)31/h7-8,14-17,22,33H,9-13,18-19H2,1-4H3. The smallest absolute Gasteiger partial charge is 0.195 e. The molecule has 0 atom stereocenters. The summed E-state index contributed by atoms with van der Waals surface area (Å²) in [6, 6.07) is 10.9. The van der Waals surface area contributed by atoms with Crippen LogP contribution in [-0.4, -0.2) is 88.1 Å². The van der Waals surface area contributed by atoms with Gasteiger partial charge in [0.1, 0.15) is 6.61 Å². The number of piperazine rings is 1. The number of hydrogen-bond acceptors (Lipinski definition) is 6. The Morgan fingerprint density at radius 2 is 1.97 bits per heavy atom. The Balaban J connectivity index is 1.44. The first-order chi connectivity index (χ1) is 18.4. The van der Waals surface area contributed by atoms with Crippen molar-refractivity contribution >= 4 is 28.6 Å². The molecule has 6 rings (SSSR count). The number of benzene rings is 2. The van der Waals surface area contributed by atoms with Gasteiger partial charge in [0.05, 0.1) is 30.5 Å². The summed E-state index contributed by atoms with van der Waals surface area (Å²) in [5, 5.41) is 0.948. The molecule has 1 N–H and O–H groups in total. The first kappa shape index (κ1) is 24.9. The number of rotatable bonds is 4. The van der Waals surface area contributed by atoms with Crippen molar-refractivity contribution in [2.45, 2.75) is 25.3 Å². The Bertz CT molecular complexity index is 1490. The number of aliphatic imine (C=N–C) groups is 1. The van der Waals surface area contributed by atoms with Gasteiger partial charge in [0.2, 0.25) is 0 Å². The molecule has 196 valence electrons. The zero-order valence-corrected chi connectivity index (χ0v) is 22.6. The van der Waals surface area contributed by atoms with Crippen LogP contribution in [0.2, 0.25) is 0 Å². The highest BCUT2D eigenvalue weighted by atomic mass is 16.5. The van der Waals surface area contributed by atoms with Crippen LogP contribution in [0.25, 0.3) is 10.9 Å². The topological polar surface area (TPSA) is 70.2 Å². The zero-order chi connectivity index (χ0) is 26.4. The van der Waals surface area contributed by atoms with E-state index in [0.29, 0.717) is 12.6 Å². The predicted octanol–water partition coefficient (Wildman–Crippen LogP) is 3.61. The minimum Gasteiger partial charge on any atom is -0.378 e. The summed E-state index contributed by atoms with van der Waals surface area (Å²) in [7, 11) is 3.41. The Hall–Kier alpha value is -3.44. The number of carbonyl (C=O) groups is 1. The third kappa shape index (κ3) is 4.04.